The summed E-state index contributed by atoms with van der Waals surface area (Å²) < 4.78 is 9.05. The van der Waals surface area contributed by atoms with Crippen LogP contribution in [0.4, 0.5) is 5.82 Å². The minimum Gasteiger partial charge on any atom is -0.457 e. The summed E-state index contributed by atoms with van der Waals surface area (Å²) in [5.41, 5.74) is 7.47. The van der Waals surface area contributed by atoms with Crippen LogP contribution in [0.1, 0.15) is 12.5 Å². The van der Waals surface area contributed by atoms with Gasteiger partial charge in [0.1, 0.15) is 23.3 Å². The standard InChI is InChI=1S/C27H29N7O3/c1-31(2)15-6-9-23(35)32-16-14-20(17-32)34-26-24(25(28)29-18-30-26)33(27(34)36)19-10-12-22(13-11-19)37-21-7-4-3-5-8-21/h3-13,18,20H,14-17H2,1-2H3,(H2,28,29,30)/t20-/m1/s1. The fourth-order valence-electron chi connectivity index (χ4n) is 4.55. The Morgan fingerprint density at radius 3 is 2.57 bits per heavy atom. The second-order valence-electron chi connectivity index (χ2n) is 9.22. The Morgan fingerprint density at radius 2 is 1.84 bits per heavy atom. The molecular weight excluding hydrogens is 470 g/mol. The van der Waals surface area contributed by atoms with Crippen molar-refractivity contribution in [1.29, 1.82) is 0 Å². The molecule has 0 radical (unpaired) electrons. The molecule has 5 rings (SSSR count). The Bertz CT molecular complexity index is 1490. The van der Waals surface area contributed by atoms with E-state index in [9.17, 15) is 9.59 Å². The summed E-state index contributed by atoms with van der Waals surface area (Å²) in [6.07, 6.45) is 5.43. The number of fused-ring (bicyclic) bond motifs is 1. The molecule has 0 saturated carbocycles. The van der Waals surface area contributed by atoms with Gasteiger partial charge < -0.3 is 20.3 Å². The number of nitrogens with two attached hydrogens (primary N) is 1. The molecule has 10 heteroatoms. The van der Waals surface area contributed by atoms with Crippen LogP contribution in [0.25, 0.3) is 16.9 Å². The van der Waals surface area contributed by atoms with Gasteiger partial charge in [-0.15, -0.1) is 0 Å². The zero-order valence-electron chi connectivity index (χ0n) is 20.8. The molecule has 2 aromatic carbocycles. The summed E-state index contributed by atoms with van der Waals surface area (Å²) >= 11 is 0. The van der Waals surface area contributed by atoms with Crippen molar-refractivity contribution < 1.29 is 9.53 Å². The van der Waals surface area contributed by atoms with Gasteiger partial charge in [0.15, 0.2) is 11.5 Å². The maximum absolute atomic E-state index is 13.8. The van der Waals surface area contributed by atoms with Gasteiger partial charge >= 0.3 is 5.69 Å². The van der Waals surface area contributed by atoms with E-state index >= 15 is 0 Å². The number of ether oxygens (including phenoxy) is 1. The predicted octanol–water partition coefficient (Wildman–Crippen LogP) is 2.85. The molecule has 4 aromatic rings. The molecule has 0 spiro atoms. The highest BCUT2D eigenvalue weighted by Crippen LogP contribution is 2.28. The number of amides is 1. The topological polar surface area (TPSA) is 112 Å². The molecule has 1 fully saturated rings. The lowest BCUT2D eigenvalue weighted by atomic mass is 10.2. The van der Waals surface area contributed by atoms with E-state index in [1.54, 1.807) is 39.8 Å². The number of nitrogen functional groups attached to an aromatic ring is 1. The molecule has 0 unspecified atom stereocenters. The summed E-state index contributed by atoms with van der Waals surface area (Å²) in [6, 6.07) is 16.4. The number of hydrogen-bond donors (Lipinski definition) is 1. The number of rotatable bonds is 7. The molecule has 1 atom stereocenters. The van der Waals surface area contributed by atoms with Crippen molar-refractivity contribution in [3.05, 3.63) is 83.6 Å². The lowest BCUT2D eigenvalue weighted by molar-refractivity contribution is -0.125. The van der Waals surface area contributed by atoms with Crippen LogP contribution in [-0.4, -0.2) is 68.5 Å². The van der Waals surface area contributed by atoms with Gasteiger partial charge in [0, 0.05) is 25.7 Å². The van der Waals surface area contributed by atoms with E-state index in [0.717, 1.165) is 5.75 Å². The second-order valence-corrected chi connectivity index (χ2v) is 9.22. The van der Waals surface area contributed by atoms with Crippen LogP contribution in [0.15, 0.2) is 77.9 Å². The summed E-state index contributed by atoms with van der Waals surface area (Å²) in [5, 5.41) is 0. The first-order valence-electron chi connectivity index (χ1n) is 12.1. The van der Waals surface area contributed by atoms with Crippen molar-refractivity contribution in [2.24, 2.45) is 0 Å². The zero-order valence-corrected chi connectivity index (χ0v) is 20.8. The van der Waals surface area contributed by atoms with Crippen molar-refractivity contribution >= 4 is 22.9 Å². The number of hydrogen-bond acceptors (Lipinski definition) is 7. The maximum atomic E-state index is 13.8. The van der Waals surface area contributed by atoms with E-state index in [2.05, 4.69) is 9.97 Å². The minimum atomic E-state index is -0.277. The predicted molar refractivity (Wildman–Crippen MR) is 142 cm³/mol. The smallest absolute Gasteiger partial charge is 0.335 e. The van der Waals surface area contributed by atoms with Gasteiger partial charge in [-0.3, -0.25) is 13.9 Å². The van der Waals surface area contributed by atoms with E-state index in [1.165, 1.54) is 10.9 Å². The Morgan fingerprint density at radius 1 is 1.11 bits per heavy atom. The van der Waals surface area contributed by atoms with Crippen LogP contribution in [-0.2, 0) is 4.79 Å². The van der Waals surface area contributed by atoms with Crippen molar-refractivity contribution in [3.63, 3.8) is 0 Å². The van der Waals surface area contributed by atoms with Crippen molar-refractivity contribution in [2.45, 2.75) is 12.5 Å². The molecule has 1 amide bonds. The monoisotopic (exact) mass is 499 g/mol. The lowest BCUT2D eigenvalue weighted by Gasteiger charge is -2.15. The molecular formula is C27H29N7O3. The Hall–Kier alpha value is -4.44. The molecule has 0 bridgehead atoms. The van der Waals surface area contributed by atoms with Crippen LogP contribution < -0.4 is 16.2 Å². The number of anilines is 1. The zero-order chi connectivity index (χ0) is 25.9. The van der Waals surface area contributed by atoms with Crippen LogP contribution in [0.5, 0.6) is 11.5 Å². The molecule has 1 aliphatic rings. The third kappa shape index (κ3) is 4.96. The minimum absolute atomic E-state index is 0.0655. The summed E-state index contributed by atoms with van der Waals surface area (Å²) in [7, 11) is 3.89. The van der Waals surface area contributed by atoms with Gasteiger partial charge in [0.25, 0.3) is 0 Å². The molecule has 2 N–H and O–H groups in total. The first-order valence-corrected chi connectivity index (χ1v) is 12.1. The molecule has 10 nitrogen and oxygen atoms in total. The van der Waals surface area contributed by atoms with Crippen molar-refractivity contribution in [2.75, 3.05) is 39.5 Å². The van der Waals surface area contributed by atoms with Crippen molar-refractivity contribution in [3.8, 4) is 17.2 Å². The van der Waals surface area contributed by atoms with E-state index in [4.69, 9.17) is 10.5 Å². The van der Waals surface area contributed by atoms with Gasteiger partial charge in [-0.2, -0.15) is 0 Å². The van der Waals surface area contributed by atoms with Gasteiger partial charge in [0.05, 0.1) is 11.7 Å². The van der Waals surface area contributed by atoms with E-state index in [0.29, 0.717) is 48.7 Å². The number of likely N-dealkylation sites (tertiary alicyclic amines) is 1. The first kappa shape index (κ1) is 24.3. The fourth-order valence-corrected chi connectivity index (χ4v) is 4.55. The first-order chi connectivity index (χ1) is 17.9. The largest absolute Gasteiger partial charge is 0.457 e. The average Bonchev–Trinajstić information content (AvgIpc) is 3.48. The summed E-state index contributed by atoms with van der Waals surface area (Å²) in [6.45, 7) is 1.65. The van der Waals surface area contributed by atoms with Crippen LogP contribution in [0.3, 0.4) is 0 Å². The number of para-hydroxylation sites is 1. The van der Waals surface area contributed by atoms with Crippen molar-refractivity contribution in [1.82, 2.24) is 28.9 Å². The highest BCUT2D eigenvalue weighted by molar-refractivity contribution is 5.88. The molecule has 0 aliphatic carbocycles. The fraction of sp³-hybridized carbons (Fsp3) is 0.259. The summed E-state index contributed by atoms with van der Waals surface area (Å²) in [5.74, 6) is 1.51. The highest BCUT2D eigenvalue weighted by atomic mass is 16.5. The van der Waals surface area contributed by atoms with Crippen LogP contribution in [0, 0.1) is 0 Å². The number of benzene rings is 2. The normalized spacial score (nSPS) is 15.8. The SMILES string of the molecule is CN(C)CC=CC(=O)N1CC[C@@H](n2c(=O)n(-c3ccc(Oc4ccccc4)cc3)c3c(N)ncnc32)C1. The number of aromatic nitrogens is 4. The van der Waals surface area contributed by atoms with Gasteiger partial charge in [0.2, 0.25) is 5.91 Å². The number of carbonyl (C=O) groups is 1. The lowest BCUT2D eigenvalue weighted by Crippen LogP contribution is -2.31. The molecule has 190 valence electrons. The molecule has 3 heterocycles. The maximum Gasteiger partial charge on any atom is 0.335 e. The van der Waals surface area contributed by atoms with Gasteiger partial charge in [-0.05, 0) is 56.9 Å². The highest BCUT2D eigenvalue weighted by Gasteiger charge is 2.31. The average molecular weight is 500 g/mol. The Kier molecular flexibility index (Phi) is 6.74. The number of nitrogens with zero attached hydrogens (tertiary/aromatic N) is 6. The van der Waals surface area contributed by atoms with Crippen LogP contribution in [0.2, 0.25) is 0 Å². The van der Waals surface area contributed by atoms with E-state index in [-0.39, 0.29) is 23.5 Å². The third-order valence-electron chi connectivity index (χ3n) is 6.33. The van der Waals surface area contributed by atoms with Gasteiger partial charge in [-0.1, -0.05) is 24.3 Å². The Balaban J connectivity index is 1.46. The summed E-state index contributed by atoms with van der Waals surface area (Å²) in [4.78, 5) is 38.7. The van der Waals surface area contributed by atoms with Gasteiger partial charge in [-0.25, -0.2) is 14.8 Å². The van der Waals surface area contributed by atoms with Crippen LogP contribution >= 0.6 is 0 Å². The Labute approximate surface area is 214 Å². The number of likely N-dealkylation sites (N-methyl/N-ethyl adjacent to an activating group) is 1. The number of carbonyl (C=O) groups excluding carboxylic acids is 1. The quantitative estimate of drug-likeness (QED) is 0.389. The molecule has 1 aliphatic heterocycles. The van der Waals surface area contributed by atoms with E-state index in [1.807, 2.05) is 55.4 Å². The number of imidazole rings is 1. The second kappa shape index (κ2) is 10.3. The van der Waals surface area contributed by atoms with E-state index < -0.39 is 0 Å². The molecule has 2 aromatic heterocycles. The third-order valence-corrected chi connectivity index (χ3v) is 6.33. The molecule has 1 saturated heterocycles. The molecule has 37 heavy (non-hydrogen) atoms.